The van der Waals surface area contributed by atoms with Crippen molar-refractivity contribution in [2.45, 2.75) is 19.8 Å². The summed E-state index contributed by atoms with van der Waals surface area (Å²) in [5.74, 6) is 1.72. The summed E-state index contributed by atoms with van der Waals surface area (Å²) in [6.45, 7) is 4.09. The maximum atomic E-state index is 6.09. The van der Waals surface area contributed by atoms with Crippen LogP contribution in [-0.2, 0) is 0 Å². The Morgan fingerprint density at radius 1 is 1.25 bits per heavy atom. The molecule has 0 unspecified atom stereocenters. The Hall–Kier alpha value is -1.06. The largest absolute Gasteiger partial charge is 0.262 e. The minimum atomic E-state index is 0.305. The lowest BCUT2D eigenvalue weighted by Gasteiger charge is -2.00. The summed E-state index contributed by atoms with van der Waals surface area (Å²) in [6.07, 6.45) is 0. The number of aromatic amines is 1. The van der Waals surface area contributed by atoms with Crippen molar-refractivity contribution in [3.63, 3.8) is 0 Å². The van der Waals surface area contributed by atoms with E-state index >= 15 is 0 Å². The third-order valence-electron chi connectivity index (χ3n) is 2.24. The van der Waals surface area contributed by atoms with Gasteiger partial charge in [0.15, 0.2) is 5.82 Å². The highest BCUT2D eigenvalue weighted by Gasteiger charge is 2.12. The first-order valence-corrected chi connectivity index (χ1v) is 5.72. The van der Waals surface area contributed by atoms with E-state index in [1.165, 1.54) is 0 Å². The van der Waals surface area contributed by atoms with Crippen LogP contribution in [0.15, 0.2) is 18.2 Å². The lowest BCUT2D eigenvalue weighted by Crippen LogP contribution is -1.89. The van der Waals surface area contributed by atoms with E-state index in [1.807, 2.05) is 26.0 Å². The fraction of sp³-hybridized carbons (Fsp3) is 0.273. The van der Waals surface area contributed by atoms with Crippen LogP contribution in [0.2, 0.25) is 10.0 Å². The summed E-state index contributed by atoms with van der Waals surface area (Å²) < 4.78 is 0. The molecule has 3 nitrogen and oxygen atoms in total. The van der Waals surface area contributed by atoms with E-state index in [4.69, 9.17) is 23.2 Å². The molecule has 1 heterocycles. The number of hydrogen-bond acceptors (Lipinski definition) is 2. The number of nitrogens with zero attached hydrogens (tertiary/aromatic N) is 2. The molecule has 0 aliphatic rings. The molecule has 1 aromatic carbocycles. The van der Waals surface area contributed by atoms with Gasteiger partial charge in [0.2, 0.25) is 0 Å². The van der Waals surface area contributed by atoms with Gasteiger partial charge in [0.25, 0.3) is 0 Å². The molecule has 0 aliphatic heterocycles. The number of hydrogen-bond donors (Lipinski definition) is 1. The third-order valence-corrected chi connectivity index (χ3v) is 3.06. The molecule has 1 N–H and O–H groups in total. The molecule has 2 aromatic rings. The van der Waals surface area contributed by atoms with Crippen LogP contribution in [0.5, 0.6) is 0 Å². The minimum Gasteiger partial charge on any atom is -0.262 e. The average Bonchev–Trinajstić information content (AvgIpc) is 2.71. The van der Waals surface area contributed by atoms with Crippen LogP contribution < -0.4 is 0 Å². The lowest BCUT2D eigenvalue weighted by molar-refractivity contribution is 0.781. The molecule has 0 aliphatic carbocycles. The van der Waals surface area contributed by atoms with Gasteiger partial charge in [-0.1, -0.05) is 43.1 Å². The van der Waals surface area contributed by atoms with Gasteiger partial charge >= 0.3 is 0 Å². The maximum absolute atomic E-state index is 6.09. The normalized spacial score (nSPS) is 11.1. The number of nitrogens with one attached hydrogen (secondary N) is 1. The quantitative estimate of drug-likeness (QED) is 0.885. The van der Waals surface area contributed by atoms with E-state index in [0.717, 1.165) is 11.4 Å². The zero-order valence-corrected chi connectivity index (χ0v) is 10.5. The van der Waals surface area contributed by atoms with Crippen LogP contribution >= 0.6 is 23.2 Å². The first kappa shape index (κ1) is 11.4. The van der Waals surface area contributed by atoms with E-state index in [0.29, 0.717) is 21.8 Å². The minimum absolute atomic E-state index is 0.305. The molecule has 0 spiro atoms. The molecule has 5 heteroatoms. The number of H-pyrrole nitrogens is 1. The number of benzene rings is 1. The van der Waals surface area contributed by atoms with Gasteiger partial charge in [0.1, 0.15) is 5.82 Å². The Balaban J connectivity index is 2.47. The smallest absolute Gasteiger partial charge is 0.182 e. The van der Waals surface area contributed by atoms with E-state index < -0.39 is 0 Å². The highest BCUT2D eigenvalue weighted by Crippen LogP contribution is 2.31. The SMILES string of the molecule is CC(C)c1nc(-c2cccc(Cl)c2Cl)n[nH]1. The highest BCUT2D eigenvalue weighted by molar-refractivity contribution is 6.43. The predicted octanol–water partition coefficient (Wildman–Crippen LogP) is 3.90. The molecule has 0 atom stereocenters. The van der Waals surface area contributed by atoms with Crippen LogP contribution in [0.25, 0.3) is 11.4 Å². The molecule has 84 valence electrons. The summed E-state index contributed by atoms with van der Waals surface area (Å²) >= 11 is 12.0. The Labute approximate surface area is 104 Å². The molecule has 2 rings (SSSR count). The lowest BCUT2D eigenvalue weighted by atomic mass is 10.2. The summed E-state index contributed by atoms with van der Waals surface area (Å²) in [5.41, 5.74) is 0.748. The van der Waals surface area contributed by atoms with Crippen LogP contribution in [-0.4, -0.2) is 15.2 Å². The molecule has 0 bridgehead atoms. The second kappa shape index (κ2) is 4.44. The van der Waals surface area contributed by atoms with Crippen molar-refractivity contribution in [2.75, 3.05) is 0 Å². The Morgan fingerprint density at radius 3 is 2.62 bits per heavy atom. The molecular weight excluding hydrogens is 245 g/mol. The first-order chi connectivity index (χ1) is 7.59. The second-order valence-corrected chi connectivity index (χ2v) is 4.59. The van der Waals surface area contributed by atoms with Gasteiger partial charge in [0, 0.05) is 11.5 Å². The summed E-state index contributed by atoms with van der Waals surface area (Å²) in [6, 6.07) is 5.42. The van der Waals surface area contributed by atoms with Gasteiger partial charge in [-0.15, -0.1) is 0 Å². The predicted molar refractivity (Wildman–Crippen MR) is 65.9 cm³/mol. The molecule has 0 saturated carbocycles. The van der Waals surface area contributed by atoms with E-state index in [1.54, 1.807) is 6.07 Å². The van der Waals surface area contributed by atoms with Gasteiger partial charge in [0.05, 0.1) is 10.0 Å². The van der Waals surface area contributed by atoms with Crippen LogP contribution in [0, 0.1) is 0 Å². The highest BCUT2D eigenvalue weighted by atomic mass is 35.5. The van der Waals surface area contributed by atoms with Gasteiger partial charge < -0.3 is 0 Å². The maximum Gasteiger partial charge on any atom is 0.182 e. The third kappa shape index (κ3) is 2.06. The zero-order chi connectivity index (χ0) is 11.7. The molecular formula is C11H11Cl2N3. The molecule has 16 heavy (non-hydrogen) atoms. The summed E-state index contributed by atoms with van der Waals surface area (Å²) in [7, 11) is 0. The first-order valence-electron chi connectivity index (χ1n) is 4.96. The molecule has 0 saturated heterocycles. The van der Waals surface area contributed by atoms with E-state index in [9.17, 15) is 0 Å². The number of aromatic nitrogens is 3. The van der Waals surface area contributed by atoms with E-state index in [-0.39, 0.29) is 0 Å². The molecule has 0 fully saturated rings. The average molecular weight is 256 g/mol. The Morgan fingerprint density at radius 2 is 2.00 bits per heavy atom. The van der Waals surface area contributed by atoms with Gasteiger partial charge in [-0.3, -0.25) is 5.10 Å². The van der Waals surface area contributed by atoms with E-state index in [2.05, 4.69) is 15.2 Å². The number of halogens is 2. The fourth-order valence-electron chi connectivity index (χ4n) is 1.33. The van der Waals surface area contributed by atoms with Gasteiger partial charge in [-0.05, 0) is 12.1 Å². The van der Waals surface area contributed by atoms with Crippen molar-refractivity contribution >= 4 is 23.2 Å². The molecule has 1 aromatic heterocycles. The van der Waals surface area contributed by atoms with Crippen LogP contribution in [0.3, 0.4) is 0 Å². The molecule has 0 amide bonds. The van der Waals surface area contributed by atoms with Crippen molar-refractivity contribution in [2.24, 2.45) is 0 Å². The van der Waals surface area contributed by atoms with Crippen LogP contribution in [0.1, 0.15) is 25.6 Å². The fourth-order valence-corrected chi connectivity index (χ4v) is 1.71. The van der Waals surface area contributed by atoms with Crippen molar-refractivity contribution in [3.8, 4) is 11.4 Å². The topological polar surface area (TPSA) is 41.6 Å². The standard InChI is InChI=1S/C11H11Cl2N3/c1-6(2)10-14-11(16-15-10)7-4-3-5-8(12)9(7)13/h3-6H,1-2H3,(H,14,15,16). The second-order valence-electron chi connectivity index (χ2n) is 3.80. The zero-order valence-electron chi connectivity index (χ0n) is 8.96. The summed E-state index contributed by atoms with van der Waals surface area (Å²) in [5, 5.41) is 8.01. The molecule has 0 radical (unpaired) electrons. The Bertz CT molecular complexity index is 506. The summed E-state index contributed by atoms with van der Waals surface area (Å²) in [4.78, 5) is 4.37. The van der Waals surface area contributed by atoms with Gasteiger partial charge in [-0.2, -0.15) is 5.10 Å². The Kier molecular flexibility index (Phi) is 3.17. The monoisotopic (exact) mass is 255 g/mol. The van der Waals surface area contributed by atoms with Crippen molar-refractivity contribution in [3.05, 3.63) is 34.1 Å². The van der Waals surface area contributed by atoms with Gasteiger partial charge in [-0.25, -0.2) is 4.98 Å². The van der Waals surface area contributed by atoms with Crippen molar-refractivity contribution in [1.29, 1.82) is 0 Å². The van der Waals surface area contributed by atoms with Crippen LogP contribution in [0.4, 0.5) is 0 Å². The van der Waals surface area contributed by atoms with Crippen molar-refractivity contribution < 1.29 is 0 Å². The van der Waals surface area contributed by atoms with Crippen molar-refractivity contribution in [1.82, 2.24) is 15.2 Å². The number of rotatable bonds is 2.